The maximum Gasteiger partial charge on any atom is 0.261 e. The third-order valence-electron chi connectivity index (χ3n) is 4.05. The van der Waals surface area contributed by atoms with Crippen LogP contribution in [0.25, 0.3) is 0 Å². The second-order valence-corrected chi connectivity index (χ2v) is 6.79. The van der Waals surface area contributed by atoms with E-state index in [1.807, 2.05) is 0 Å². The number of β-amino-alcohol motifs (C(OH)–C–C–N with tert-alkyl or cyclic N) is 1. The summed E-state index contributed by atoms with van der Waals surface area (Å²) in [6, 6.07) is 11.6. The zero-order chi connectivity index (χ0) is 19.6. The molecule has 2 amide bonds. The number of fused-ring (bicyclic) bond motifs is 1. The van der Waals surface area contributed by atoms with Gasteiger partial charge in [-0.15, -0.1) is 0 Å². The lowest BCUT2D eigenvalue weighted by Gasteiger charge is -2.19. The predicted molar refractivity (Wildman–Crippen MR) is 99.1 cm³/mol. The van der Waals surface area contributed by atoms with Crippen LogP contribution in [-0.4, -0.2) is 41.1 Å². The molecule has 0 saturated carbocycles. The predicted octanol–water partition coefficient (Wildman–Crippen LogP) is 3.10. The molecule has 2 aromatic rings. The highest BCUT2D eigenvalue weighted by molar-refractivity contribution is 6.43. The molecule has 27 heavy (non-hydrogen) atoms. The van der Waals surface area contributed by atoms with Crippen molar-refractivity contribution in [3.05, 3.63) is 63.1 Å². The molecule has 0 aromatic heterocycles. The van der Waals surface area contributed by atoms with Crippen molar-refractivity contribution < 1.29 is 19.4 Å². The van der Waals surface area contributed by atoms with Crippen LogP contribution in [-0.2, 0) is 6.42 Å². The molecule has 0 fully saturated rings. The lowest BCUT2D eigenvalue weighted by Crippen LogP contribution is -2.39. The molecule has 0 unspecified atom stereocenters. The number of imide groups is 1. The Morgan fingerprint density at radius 1 is 1.07 bits per heavy atom. The molecule has 3 rings (SSSR count). The fraction of sp³-hybridized carbons (Fsp3) is 0.211. The SMILES string of the molecule is N#CCc1ccc(OC[C@H](O)CN2C(=O)c3cc(Cl)c(Cl)cc3C2=O)cc1. The number of hydrogen-bond acceptors (Lipinski definition) is 5. The van der Waals surface area contributed by atoms with Gasteiger partial charge in [0.05, 0.1) is 40.2 Å². The third kappa shape index (κ3) is 4.06. The average Bonchev–Trinajstić information content (AvgIpc) is 2.86. The smallest absolute Gasteiger partial charge is 0.261 e. The molecule has 1 aliphatic heterocycles. The van der Waals surface area contributed by atoms with Gasteiger partial charge in [0.1, 0.15) is 18.5 Å². The first-order valence-corrected chi connectivity index (χ1v) is 8.78. The Balaban J connectivity index is 1.61. The number of halogens is 2. The topological polar surface area (TPSA) is 90.6 Å². The number of amides is 2. The van der Waals surface area contributed by atoms with Crippen molar-refractivity contribution in [2.24, 2.45) is 0 Å². The molecule has 0 spiro atoms. The van der Waals surface area contributed by atoms with Gasteiger partial charge in [-0.3, -0.25) is 14.5 Å². The van der Waals surface area contributed by atoms with Gasteiger partial charge in [0.25, 0.3) is 11.8 Å². The zero-order valence-corrected chi connectivity index (χ0v) is 15.5. The van der Waals surface area contributed by atoms with Crippen LogP contribution >= 0.6 is 23.2 Å². The molecule has 1 heterocycles. The summed E-state index contributed by atoms with van der Waals surface area (Å²) in [7, 11) is 0. The number of rotatable bonds is 6. The largest absolute Gasteiger partial charge is 0.491 e. The van der Waals surface area contributed by atoms with Crippen molar-refractivity contribution in [3.8, 4) is 11.8 Å². The van der Waals surface area contributed by atoms with Crippen molar-refractivity contribution in [1.29, 1.82) is 5.26 Å². The van der Waals surface area contributed by atoms with Crippen LogP contribution in [0, 0.1) is 11.3 Å². The molecule has 1 aliphatic rings. The molecular formula is C19H14Cl2N2O4. The van der Waals surface area contributed by atoms with Gasteiger partial charge in [0.15, 0.2) is 0 Å². The molecule has 138 valence electrons. The van der Waals surface area contributed by atoms with E-state index in [2.05, 4.69) is 6.07 Å². The van der Waals surface area contributed by atoms with E-state index in [0.717, 1.165) is 10.5 Å². The minimum atomic E-state index is -1.07. The van der Waals surface area contributed by atoms with E-state index in [1.165, 1.54) is 12.1 Å². The quantitative estimate of drug-likeness (QED) is 0.746. The van der Waals surface area contributed by atoms with Gasteiger partial charge in [-0.05, 0) is 29.8 Å². The zero-order valence-electron chi connectivity index (χ0n) is 14.0. The van der Waals surface area contributed by atoms with E-state index >= 15 is 0 Å². The average molecular weight is 405 g/mol. The second-order valence-electron chi connectivity index (χ2n) is 5.98. The van der Waals surface area contributed by atoms with Gasteiger partial charge in [-0.2, -0.15) is 5.26 Å². The maximum atomic E-state index is 12.4. The van der Waals surface area contributed by atoms with Gasteiger partial charge < -0.3 is 9.84 Å². The molecule has 0 bridgehead atoms. The molecule has 1 atom stereocenters. The monoisotopic (exact) mass is 404 g/mol. The third-order valence-corrected chi connectivity index (χ3v) is 4.78. The Morgan fingerprint density at radius 3 is 2.15 bits per heavy atom. The first-order valence-electron chi connectivity index (χ1n) is 8.02. The number of carbonyl (C=O) groups excluding carboxylic acids is 2. The molecule has 0 saturated heterocycles. The summed E-state index contributed by atoms with van der Waals surface area (Å²) in [5.74, 6) is -0.557. The Labute approximate surface area is 165 Å². The highest BCUT2D eigenvalue weighted by atomic mass is 35.5. The van der Waals surface area contributed by atoms with E-state index in [4.69, 9.17) is 33.2 Å². The molecule has 2 aromatic carbocycles. The Hall–Kier alpha value is -2.59. The van der Waals surface area contributed by atoms with E-state index in [9.17, 15) is 14.7 Å². The highest BCUT2D eigenvalue weighted by Crippen LogP contribution is 2.31. The fourth-order valence-corrected chi connectivity index (χ4v) is 3.03. The van der Waals surface area contributed by atoms with Gasteiger partial charge in [-0.1, -0.05) is 35.3 Å². The number of nitriles is 1. The molecule has 0 aliphatic carbocycles. The van der Waals surface area contributed by atoms with Gasteiger partial charge in [0.2, 0.25) is 0 Å². The van der Waals surface area contributed by atoms with E-state index in [-0.39, 0.29) is 34.3 Å². The van der Waals surface area contributed by atoms with E-state index in [1.54, 1.807) is 24.3 Å². The number of nitrogens with zero attached hydrogens (tertiary/aromatic N) is 2. The van der Waals surface area contributed by atoms with Crippen LogP contribution in [0.2, 0.25) is 10.0 Å². The van der Waals surface area contributed by atoms with E-state index in [0.29, 0.717) is 12.2 Å². The molecule has 6 nitrogen and oxygen atoms in total. The van der Waals surface area contributed by atoms with Crippen molar-refractivity contribution >= 4 is 35.0 Å². The lowest BCUT2D eigenvalue weighted by molar-refractivity contribution is 0.0457. The van der Waals surface area contributed by atoms with Gasteiger partial charge in [0, 0.05) is 0 Å². The Bertz CT molecular complexity index is 897. The van der Waals surface area contributed by atoms with Crippen molar-refractivity contribution in [2.75, 3.05) is 13.2 Å². The van der Waals surface area contributed by atoms with Crippen LogP contribution in [0.3, 0.4) is 0 Å². The minimum absolute atomic E-state index is 0.105. The molecule has 1 N–H and O–H groups in total. The summed E-state index contributed by atoms with van der Waals surface area (Å²) < 4.78 is 5.47. The van der Waals surface area contributed by atoms with Crippen LogP contribution in [0.1, 0.15) is 26.3 Å². The highest BCUT2D eigenvalue weighted by Gasteiger charge is 2.37. The van der Waals surface area contributed by atoms with Crippen LogP contribution in [0.4, 0.5) is 0 Å². The second kappa shape index (κ2) is 7.97. The normalized spacial score (nSPS) is 14.1. The van der Waals surface area contributed by atoms with Crippen molar-refractivity contribution in [2.45, 2.75) is 12.5 Å². The van der Waals surface area contributed by atoms with Gasteiger partial charge >= 0.3 is 0 Å². The first kappa shape index (κ1) is 19.2. The van der Waals surface area contributed by atoms with Gasteiger partial charge in [-0.25, -0.2) is 0 Å². The minimum Gasteiger partial charge on any atom is -0.491 e. The standard InChI is InChI=1S/C19H14Cl2N2O4/c20-16-7-14-15(8-17(16)21)19(26)23(18(14)25)9-12(24)10-27-13-3-1-11(2-4-13)5-6-22/h1-4,7-8,12,24H,5,9-10H2/t12-/m1/s1. The van der Waals surface area contributed by atoms with Crippen LogP contribution < -0.4 is 4.74 Å². The van der Waals surface area contributed by atoms with Crippen molar-refractivity contribution in [1.82, 2.24) is 4.90 Å². The fourth-order valence-electron chi connectivity index (χ4n) is 2.70. The number of hydrogen-bond donors (Lipinski definition) is 1. The Morgan fingerprint density at radius 2 is 1.63 bits per heavy atom. The first-order chi connectivity index (χ1) is 12.9. The number of benzene rings is 2. The summed E-state index contributed by atoms with van der Waals surface area (Å²) in [4.78, 5) is 25.8. The number of carbonyl (C=O) groups is 2. The number of aliphatic hydroxyl groups is 1. The lowest BCUT2D eigenvalue weighted by atomic mass is 10.1. The van der Waals surface area contributed by atoms with Crippen LogP contribution in [0.5, 0.6) is 5.75 Å². The summed E-state index contributed by atoms with van der Waals surface area (Å²) in [5, 5.41) is 19.2. The van der Waals surface area contributed by atoms with Crippen molar-refractivity contribution in [3.63, 3.8) is 0 Å². The number of ether oxygens (including phenoxy) is 1. The summed E-state index contributed by atoms with van der Waals surface area (Å²) in [5.41, 5.74) is 1.18. The summed E-state index contributed by atoms with van der Waals surface area (Å²) >= 11 is 11.8. The summed E-state index contributed by atoms with van der Waals surface area (Å²) in [6.45, 7) is -0.319. The molecule has 8 heteroatoms. The molecule has 0 radical (unpaired) electrons. The Kier molecular flexibility index (Phi) is 5.66. The van der Waals surface area contributed by atoms with Crippen LogP contribution in [0.15, 0.2) is 36.4 Å². The van der Waals surface area contributed by atoms with E-state index < -0.39 is 17.9 Å². The summed E-state index contributed by atoms with van der Waals surface area (Å²) in [6.07, 6.45) is -0.770. The molecular weight excluding hydrogens is 391 g/mol. The number of aliphatic hydroxyl groups excluding tert-OH is 1. The maximum absolute atomic E-state index is 12.4.